The Kier molecular flexibility index (Phi) is 7.54. The third-order valence-corrected chi connectivity index (χ3v) is 7.42. The predicted octanol–water partition coefficient (Wildman–Crippen LogP) is 2.75. The third kappa shape index (κ3) is 5.29. The number of hydrogen-bond acceptors (Lipinski definition) is 5. The van der Waals surface area contributed by atoms with Crippen LogP contribution in [0, 0.1) is 0 Å². The van der Waals surface area contributed by atoms with Gasteiger partial charge in [-0.3, -0.25) is 4.79 Å². The summed E-state index contributed by atoms with van der Waals surface area (Å²) in [5.74, 6) is 0.507. The van der Waals surface area contributed by atoms with Gasteiger partial charge < -0.3 is 14.5 Å². The number of carbonyl (C=O) groups is 1. The van der Waals surface area contributed by atoms with Crippen molar-refractivity contribution < 1.29 is 17.9 Å². The maximum atomic E-state index is 12.8. The number of hydrogen-bond donors (Lipinski definition) is 1. The van der Waals surface area contributed by atoms with Crippen LogP contribution in [0.4, 0.5) is 5.69 Å². The van der Waals surface area contributed by atoms with Gasteiger partial charge in [0.1, 0.15) is 5.75 Å². The monoisotopic (exact) mass is 423 g/mol. The molecule has 0 saturated carbocycles. The Morgan fingerprint density at radius 3 is 2.72 bits per heavy atom. The number of nitrogens with zero attached hydrogens (tertiary/aromatic N) is 2. The summed E-state index contributed by atoms with van der Waals surface area (Å²) in [6.07, 6.45) is 6.94. The Labute approximate surface area is 174 Å². The van der Waals surface area contributed by atoms with Crippen LogP contribution in [-0.2, 0) is 14.8 Å². The van der Waals surface area contributed by atoms with E-state index in [1.54, 1.807) is 17.0 Å². The van der Waals surface area contributed by atoms with Gasteiger partial charge in [0.2, 0.25) is 15.9 Å². The van der Waals surface area contributed by atoms with Crippen molar-refractivity contribution >= 4 is 21.6 Å². The van der Waals surface area contributed by atoms with E-state index in [4.69, 9.17) is 4.74 Å². The second-order valence-corrected chi connectivity index (χ2v) is 9.59. The van der Waals surface area contributed by atoms with Crippen molar-refractivity contribution in [2.75, 3.05) is 38.2 Å². The van der Waals surface area contributed by atoms with E-state index >= 15 is 0 Å². The normalized spacial score (nSPS) is 21.0. The van der Waals surface area contributed by atoms with Crippen molar-refractivity contribution in [2.45, 2.75) is 62.8 Å². The topological polar surface area (TPSA) is 79.0 Å². The second-order valence-electron chi connectivity index (χ2n) is 7.83. The van der Waals surface area contributed by atoms with Crippen LogP contribution in [0.15, 0.2) is 23.1 Å². The summed E-state index contributed by atoms with van der Waals surface area (Å²) < 4.78 is 33.6. The standard InChI is InChI=1S/C21H33N3O4S/c1-3-17-8-4-5-13-23(17)14-7-12-22-29(26,27)18-10-11-20(28-2)19(16-18)24-15-6-9-21(24)25/h10-11,16-17,22H,3-9,12-15H2,1-2H3/t17-/m0/s1. The number of piperidine rings is 1. The van der Waals surface area contributed by atoms with Crippen molar-refractivity contribution in [3.63, 3.8) is 0 Å². The van der Waals surface area contributed by atoms with Crippen LogP contribution >= 0.6 is 0 Å². The zero-order valence-electron chi connectivity index (χ0n) is 17.5. The lowest BCUT2D eigenvalue weighted by Gasteiger charge is -2.35. The number of sulfonamides is 1. The average Bonchev–Trinajstić information content (AvgIpc) is 3.16. The van der Waals surface area contributed by atoms with E-state index in [-0.39, 0.29) is 10.8 Å². The quantitative estimate of drug-likeness (QED) is 0.618. The van der Waals surface area contributed by atoms with E-state index in [1.807, 2.05) is 0 Å². The fourth-order valence-corrected chi connectivity index (χ4v) is 5.43. The Morgan fingerprint density at radius 1 is 1.21 bits per heavy atom. The minimum atomic E-state index is -3.64. The molecule has 2 aliphatic heterocycles. The number of likely N-dealkylation sites (tertiary alicyclic amines) is 1. The molecule has 0 bridgehead atoms. The van der Waals surface area contributed by atoms with E-state index in [0.29, 0.717) is 37.0 Å². The molecular formula is C21H33N3O4S. The number of carbonyl (C=O) groups excluding carboxylic acids is 1. The van der Waals surface area contributed by atoms with E-state index in [9.17, 15) is 13.2 Å². The molecule has 0 aromatic heterocycles. The van der Waals surface area contributed by atoms with Crippen molar-refractivity contribution in [1.29, 1.82) is 0 Å². The van der Waals surface area contributed by atoms with Crippen LogP contribution in [0.3, 0.4) is 0 Å². The van der Waals surface area contributed by atoms with Crippen LogP contribution in [-0.4, -0.2) is 58.6 Å². The van der Waals surface area contributed by atoms with Gasteiger partial charge in [-0.15, -0.1) is 0 Å². The molecule has 2 saturated heterocycles. The van der Waals surface area contributed by atoms with Gasteiger partial charge in [-0.1, -0.05) is 13.3 Å². The lowest BCUT2D eigenvalue weighted by atomic mass is 10.00. The van der Waals surface area contributed by atoms with Gasteiger partial charge in [0, 0.05) is 25.6 Å². The predicted molar refractivity (Wildman–Crippen MR) is 114 cm³/mol. The minimum Gasteiger partial charge on any atom is -0.495 e. The van der Waals surface area contributed by atoms with Gasteiger partial charge in [0.05, 0.1) is 17.7 Å². The summed E-state index contributed by atoms with van der Waals surface area (Å²) in [5.41, 5.74) is 0.525. The van der Waals surface area contributed by atoms with Crippen LogP contribution in [0.5, 0.6) is 5.75 Å². The fourth-order valence-electron chi connectivity index (χ4n) is 4.34. The summed E-state index contributed by atoms with van der Waals surface area (Å²) in [7, 11) is -2.12. The molecular weight excluding hydrogens is 390 g/mol. The summed E-state index contributed by atoms with van der Waals surface area (Å²) >= 11 is 0. The number of rotatable bonds is 9. The molecule has 3 rings (SSSR count). The Hall–Kier alpha value is -1.64. The molecule has 0 aliphatic carbocycles. The van der Waals surface area contributed by atoms with Crippen LogP contribution in [0.25, 0.3) is 0 Å². The molecule has 2 heterocycles. The zero-order chi connectivity index (χ0) is 20.9. The molecule has 2 aliphatic rings. The van der Waals surface area contributed by atoms with E-state index < -0.39 is 10.0 Å². The number of nitrogens with one attached hydrogen (secondary N) is 1. The number of amides is 1. The molecule has 29 heavy (non-hydrogen) atoms. The van der Waals surface area contributed by atoms with Crippen LogP contribution < -0.4 is 14.4 Å². The number of ether oxygens (including phenoxy) is 1. The molecule has 1 N–H and O–H groups in total. The van der Waals surface area contributed by atoms with Gasteiger partial charge in [-0.25, -0.2) is 13.1 Å². The van der Waals surface area contributed by atoms with Gasteiger partial charge in [0.25, 0.3) is 0 Å². The van der Waals surface area contributed by atoms with Crippen molar-refractivity contribution in [3.8, 4) is 5.75 Å². The lowest BCUT2D eigenvalue weighted by molar-refractivity contribution is -0.117. The summed E-state index contributed by atoms with van der Waals surface area (Å²) in [6.45, 7) is 5.23. The maximum Gasteiger partial charge on any atom is 0.240 e. The van der Waals surface area contributed by atoms with Crippen molar-refractivity contribution in [2.24, 2.45) is 0 Å². The molecule has 8 heteroatoms. The number of anilines is 1. The van der Waals surface area contributed by atoms with E-state index in [1.165, 1.54) is 32.4 Å². The van der Waals surface area contributed by atoms with Crippen molar-refractivity contribution in [3.05, 3.63) is 18.2 Å². The first kappa shape index (κ1) is 22.1. The molecule has 1 amide bonds. The SMILES string of the molecule is CC[C@H]1CCCCN1CCCNS(=O)(=O)c1ccc(OC)c(N2CCCC2=O)c1. The second kappa shape index (κ2) is 9.91. The summed E-state index contributed by atoms with van der Waals surface area (Å²) in [6, 6.07) is 5.32. The van der Waals surface area contributed by atoms with Crippen LogP contribution in [0.1, 0.15) is 51.9 Å². The first-order valence-corrected chi connectivity index (χ1v) is 12.2. The Balaban J connectivity index is 1.62. The zero-order valence-corrected chi connectivity index (χ0v) is 18.3. The molecule has 1 atom stereocenters. The average molecular weight is 424 g/mol. The number of methoxy groups -OCH3 is 1. The van der Waals surface area contributed by atoms with Gasteiger partial charge in [-0.05, 0) is 63.4 Å². The first-order chi connectivity index (χ1) is 14.0. The Morgan fingerprint density at radius 2 is 2.03 bits per heavy atom. The third-order valence-electron chi connectivity index (χ3n) is 5.96. The van der Waals surface area contributed by atoms with Gasteiger partial charge in [-0.2, -0.15) is 0 Å². The lowest BCUT2D eigenvalue weighted by Crippen LogP contribution is -2.40. The van der Waals surface area contributed by atoms with Gasteiger partial charge >= 0.3 is 0 Å². The van der Waals surface area contributed by atoms with E-state index in [0.717, 1.165) is 32.4 Å². The molecule has 0 spiro atoms. The highest BCUT2D eigenvalue weighted by Crippen LogP contribution is 2.33. The maximum absolute atomic E-state index is 12.8. The highest BCUT2D eigenvalue weighted by Gasteiger charge is 2.26. The van der Waals surface area contributed by atoms with Crippen LogP contribution in [0.2, 0.25) is 0 Å². The molecule has 162 valence electrons. The number of benzene rings is 1. The van der Waals surface area contributed by atoms with E-state index in [2.05, 4.69) is 16.5 Å². The Bertz CT molecular complexity index is 812. The summed E-state index contributed by atoms with van der Waals surface area (Å²) in [4.78, 5) is 16.4. The smallest absolute Gasteiger partial charge is 0.240 e. The fraction of sp³-hybridized carbons (Fsp3) is 0.667. The molecule has 7 nitrogen and oxygen atoms in total. The minimum absolute atomic E-state index is 0.00202. The molecule has 0 radical (unpaired) electrons. The van der Waals surface area contributed by atoms with Crippen molar-refractivity contribution in [1.82, 2.24) is 9.62 Å². The summed E-state index contributed by atoms with van der Waals surface area (Å²) in [5, 5.41) is 0. The highest BCUT2D eigenvalue weighted by molar-refractivity contribution is 7.89. The molecule has 1 aromatic rings. The largest absolute Gasteiger partial charge is 0.495 e. The first-order valence-electron chi connectivity index (χ1n) is 10.7. The highest BCUT2D eigenvalue weighted by atomic mass is 32.2. The molecule has 1 aromatic carbocycles. The molecule has 0 unspecified atom stereocenters. The van der Waals surface area contributed by atoms with Gasteiger partial charge in [0.15, 0.2) is 0 Å². The molecule has 2 fully saturated rings.